The summed E-state index contributed by atoms with van der Waals surface area (Å²) in [5.74, 6) is 0.110. The van der Waals surface area contributed by atoms with Crippen molar-refractivity contribution >= 4 is 44.7 Å². The molecule has 1 aromatic carbocycles. The summed E-state index contributed by atoms with van der Waals surface area (Å²) in [7, 11) is 0. The van der Waals surface area contributed by atoms with Crippen molar-refractivity contribution in [2.75, 3.05) is 5.32 Å². The van der Waals surface area contributed by atoms with Crippen molar-refractivity contribution < 1.29 is 23.8 Å². The Morgan fingerprint density at radius 2 is 1.83 bits per heavy atom. The van der Waals surface area contributed by atoms with E-state index in [9.17, 15) is 19.5 Å². The van der Waals surface area contributed by atoms with Crippen LogP contribution in [0.4, 0.5) is 10.5 Å². The van der Waals surface area contributed by atoms with Gasteiger partial charge in [-0.1, -0.05) is 26.8 Å². The largest absolute Gasteiger partial charge is 0.507 e. The minimum Gasteiger partial charge on any atom is -0.507 e. The second-order valence-corrected chi connectivity index (χ2v) is 10.9. The van der Waals surface area contributed by atoms with Crippen LogP contribution in [0.3, 0.4) is 0 Å². The van der Waals surface area contributed by atoms with Gasteiger partial charge in [0.05, 0.1) is 5.41 Å². The number of aliphatic hydroxyl groups is 1. The van der Waals surface area contributed by atoms with Gasteiger partial charge < -0.3 is 14.3 Å². The van der Waals surface area contributed by atoms with E-state index < -0.39 is 17.1 Å². The molecule has 2 N–H and O–H groups in total. The Bertz CT molecular complexity index is 1450. The van der Waals surface area contributed by atoms with Gasteiger partial charge in [-0.15, -0.1) is 11.3 Å². The molecule has 36 heavy (non-hydrogen) atoms. The minimum atomic E-state index is -1.00. The number of aliphatic hydroxyl groups excluding tert-OH is 1. The van der Waals surface area contributed by atoms with E-state index in [1.165, 1.54) is 17.4 Å². The molecule has 2 heterocycles. The lowest BCUT2D eigenvalue weighted by molar-refractivity contribution is -0.122. The molecule has 190 valence electrons. The predicted octanol–water partition coefficient (Wildman–Crippen LogP) is 7.19. The van der Waals surface area contributed by atoms with Crippen molar-refractivity contribution in [3.8, 4) is 11.3 Å². The van der Waals surface area contributed by atoms with Crippen LogP contribution in [0.2, 0.25) is 0 Å². The molecule has 8 heteroatoms. The average molecular weight is 510 g/mol. The number of hydrogen-bond donors (Lipinski definition) is 2. The zero-order chi connectivity index (χ0) is 26.4. The normalized spacial score (nSPS) is 15.2. The van der Waals surface area contributed by atoms with E-state index in [1.807, 2.05) is 31.4 Å². The summed E-state index contributed by atoms with van der Waals surface area (Å²) < 4.78 is 12.5. The van der Waals surface area contributed by atoms with Gasteiger partial charge in [-0.25, -0.2) is 4.79 Å². The van der Waals surface area contributed by atoms with Crippen LogP contribution in [0.5, 0.6) is 0 Å². The molecule has 0 spiro atoms. The zero-order valence-electron chi connectivity index (χ0n) is 21.4. The molecule has 0 saturated carbocycles. The summed E-state index contributed by atoms with van der Waals surface area (Å²) in [6.07, 6.45) is 0.686. The molecule has 1 aliphatic carbocycles. The van der Waals surface area contributed by atoms with Gasteiger partial charge in [0.25, 0.3) is 0 Å². The molecule has 0 atom stereocenters. The van der Waals surface area contributed by atoms with Crippen LogP contribution in [0.25, 0.3) is 27.2 Å². The number of carbonyl (C=O) groups excluding carboxylic acids is 2. The molecular weight excluding hydrogens is 478 g/mol. The molecule has 0 unspecified atom stereocenters. The number of nitrogens with one attached hydrogen (secondary N) is 1. The molecule has 1 amide bonds. The quantitative estimate of drug-likeness (QED) is 0.377. The van der Waals surface area contributed by atoms with E-state index >= 15 is 0 Å². The first kappa shape index (κ1) is 25.7. The third-order valence-corrected chi connectivity index (χ3v) is 7.61. The number of carbonyl (C=O) groups is 2. The maximum absolute atomic E-state index is 13.4. The first-order valence-corrected chi connectivity index (χ1v) is 13.0. The average Bonchev–Trinajstić information content (AvgIpc) is 3.22. The van der Waals surface area contributed by atoms with Crippen molar-refractivity contribution in [1.29, 1.82) is 0 Å². The topological polar surface area (TPSA) is 106 Å². The molecule has 0 bridgehead atoms. The fraction of sp³-hybridized carbons (Fsp3) is 0.393. The van der Waals surface area contributed by atoms with Crippen LogP contribution >= 0.6 is 11.3 Å². The number of hydrogen-bond acceptors (Lipinski definition) is 7. The first-order valence-electron chi connectivity index (χ1n) is 12.1. The number of ether oxygens (including phenoxy) is 1. The van der Waals surface area contributed by atoms with Gasteiger partial charge in [0.2, 0.25) is 0 Å². The molecule has 2 aromatic heterocycles. The van der Waals surface area contributed by atoms with Crippen LogP contribution in [-0.2, 0) is 14.9 Å². The van der Waals surface area contributed by atoms with Gasteiger partial charge in [0.15, 0.2) is 11.2 Å². The first-order chi connectivity index (χ1) is 17.0. The molecular formula is C28H31NO6S. The highest BCUT2D eigenvalue weighted by molar-refractivity contribution is 7.17. The highest BCUT2D eigenvalue weighted by Crippen LogP contribution is 2.45. The number of allylic oxidation sites excluding steroid dienone is 1. The van der Waals surface area contributed by atoms with Gasteiger partial charge in [-0.2, -0.15) is 0 Å². The third kappa shape index (κ3) is 4.23. The fourth-order valence-electron chi connectivity index (χ4n) is 4.78. The Morgan fingerprint density at radius 3 is 2.44 bits per heavy atom. The number of ketones is 1. The Balaban J connectivity index is 1.81. The van der Waals surface area contributed by atoms with Crippen LogP contribution in [0.1, 0.15) is 72.1 Å². The van der Waals surface area contributed by atoms with Gasteiger partial charge in [-0.05, 0) is 52.2 Å². The SMILES string of the molecule is CCC1=C(O)c2c(oc(-c3csc4cc(NC(=O)OC(C)(C)C)ccc34)cc2=O)C(CC)(CC)C1=O. The summed E-state index contributed by atoms with van der Waals surface area (Å²) in [5, 5.41) is 16.3. The summed E-state index contributed by atoms with van der Waals surface area (Å²) in [4.78, 5) is 38.9. The Hall–Kier alpha value is -3.39. The standard InChI is InChI=1S/C28H31NO6S/c1-7-16-23(31)22-19(30)13-20(34-25(22)28(8-2,9-3)24(16)32)18-14-36-21-12-15(10-11-17(18)21)29-26(33)35-27(4,5)6/h10-14,31H,7-9H2,1-6H3,(H,29,33). The van der Waals surface area contributed by atoms with E-state index in [-0.39, 0.29) is 33.9 Å². The highest BCUT2D eigenvalue weighted by atomic mass is 32.1. The summed E-state index contributed by atoms with van der Waals surface area (Å²) in [5.41, 5.74) is -0.338. The van der Waals surface area contributed by atoms with Crippen molar-refractivity contribution in [3.63, 3.8) is 0 Å². The molecule has 0 radical (unpaired) electrons. The predicted molar refractivity (Wildman–Crippen MR) is 143 cm³/mol. The smallest absolute Gasteiger partial charge is 0.412 e. The number of amides is 1. The number of fused-ring (bicyclic) bond motifs is 2. The maximum atomic E-state index is 13.4. The van der Waals surface area contributed by atoms with E-state index in [2.05, 4.69) is 5.32 Å². The lowest BCUT2D eigenvalue weighted by Crippen LogP contribution is -2.41. The Labute approximate surface area is 213 Å². The van der Waals surface area contributed by atoms with Gasteiger partial charge in [0, 0.05) is 38.4 Å². The van der Waals surface area contributed by atoms with Crippen molar-refractivity contribution in [2.24, 2.45) is 0 Å². The third-order valence-electron chi connectivity index (χ3n) is 6.66. The van der Waals surface area contributed by atoms with Gasteiger partial charge >= 0.3 is 6.09 Å². The molecule has 0 aliphatic heterocycles. The lowest BCUT2D eigenvalue weighted by atomic mass is 9.68. The van der Waals surface area contributed by atoms with Crippen LogP contribution in [-0.4, -0.2) is 22.6 Å². The molecule has 3 aromatic rings. The summed E-state index contributed by atoms with van der Waals surface area (Å²) >= 11 is 1.44. The molecule has 7 nitrogen and oxygen atoms in total. The maximum Gasteiger partial charge on any atom is 0.412 e. The summed E-state index contributed by atoms with van der Waals surface area (Å²) in [6, 6.07) is 6.81. The van der Waals surface area contributed by atoms with Crippen molar-refractivity contribution in [1.82, 2.24) is 0 Å². The van der Waals surface area contributed by atoms with Crippen molar-refractivity contribution in [3.05, 3.63) is 56.8 Å². The van der Waals surface area contributed by atoms with Crippen LogP contribution in [0.15, 0.2) is 44.4 Å². The highest BCUT2D eigenvalue weighted by Gasteiger charge is 2.48. The molecule has 0 fully saturated rings. The monoisotopic (exact) mass is 509 g/mol. The second kappa shape index (κ2) is 9.24. The van der Waals surface area contributed by atoms with Gasteiger partial charge in [-0.3, -0.25) is 14.9 Å². The van der Waals surface area contributed by atoms with E-state index in [0.29, 0.717) is 36.3 Å². The minimum absolute atomic E-state index is 0.0854. The number of Topliss-reactive ketones (excluding diaryl/α,β-unsaturated/α-hetero) is 1. The van der Waals surface area contributed by atoms with E-state index in [0.717, 1.165) is 10.1 Å². The van der Waals surface area contributed by atoms with Gasteiger partial charge in [0.1, 0.15) is 28.4 Å². The fourth-order valence-corrected chi connectivity index (χ4v) is 5.76. The van der Waals surface area contributed by atoms with E-state index in [4.69, 9.17) is 9.15 Å². The lowest BCUT2D eigenvalue weighted by Gasteiger charge is -2.35. The molecule has 4 rings (SSSR count). The van der Waals surface area contributed by atoms with E-state index in [1.54, 1.807) is 33.8 Å². The molecule has 0 saturated heterocycles. The Kier molecular flexibility index (Phi) is 6.60. The molecule has 1 aliphatic rings. The zero-order valence-corrected chi connectivity index (χ0v) is 22.2. The van der Waals surface area contributed by atoms with Crippen LogP contribution in [0, 0.1) is 0 Å². The van der Waals surface area contributed by atoms with Crippen LogP contribution < -0.4 is 10.7 Å². The number of benzene rings is 1. The number of anilines is 1. The second-order valence-electron chi connectivity index (χ2n) is 9.97. The number of rotatable bonds is 5. The summed E-state index contributed by atoms with van der Waals surface area (Å²) in [6.45, 7) is 11.0. The number of thiophene rings is 1. The Morgan fingerprint density at radius 1 is 1.14 bits per heavy atom. The van der Waals surface area contributed by atoms with Crippen molar-refractivity contribution in [2.45, 2.75) is 71.8 Å².